The number of hydrogen-bond acceptors (Lipinski definition) is 5. The van der Waals surface area contributed by atoms with Crippen LogP contribution in [0.4, 0.5) is 17.6 Å². The fourth-order valence-corrected chi connectivity index (χ4v) is 1.99. The first kappa shape index (κ1) is 15.8. The molecule has 0 saturated carbocycles. The Morgan fingerprint density at radius 3 is 2.63 bits per heavy atom. The van der Waals surface area contributed by atoms with Crippen molar-refractivity contribution in [3.05, 3.63) is 15.6 Å². The Labute approximate surface area is 110 Å². The molecule has 0 amide bonds. The summed E-state index contributed by atoms with van der Waals surface area (Å²) in [6.07, 6.45) is -3.78. The van der Waals surface area contributed by atoms with Crippen LogP contribution < -0.4 is 0 Å². The van der Waals surface area contributed by atoms with Crippen LogP contribution in [0, 0.1) is 6.92 Å². The van der Waals surface area contributed by atoms with Gasteiger partial charge in [-0.1, -0.05) is 0 Å². The number of carbonyl (C=O) groups excluding carboxylic acids is 1. The number of alkyl halides is 4. The van der Waals surface area contributed by atoms with Gasteiger partial charge >= 0.3 is 18.3 Å². The van der Waals surface area contributed by atoms with E-state index in [0.717, 1.165) is 11.3 Å². The molecule has 1 aromatic heterocycles. The van der Waals surface area contributed by atoms with Crippen LogP contribution in [0.15, 0.2) is 0 Å². The molecule has 1 rings (SSSR count). The standard InChI is InChI=1S/C10H11F4NO3S/c1-5-7(8(16)17-2)15-6(19-5)3-18-4-10(13,14)9(11)12/h9H,3-4H2,1-2H3. The van der Waals surface area contributed by atoms with Crippen molar-refractivity contribution in [1.29, 1.82) is 0 Å². The molecule has 0 spiro atoms. The van der Waals surface area contributed by atoms with Crippen LogP contribution in [0.2, 0.25) is 0 Å². The molecule has 0 bridgehead atoms. The van der Waals surface area contributed by atoms with Crippen LogP contribution in [0.5, 0.6) is 0 Å². The predicted molar refractivity (Wildman–Crippen MR) is 58.8 cm³/mol. The molecule has 0 atom stereocenters. The van der Waals surface area contributed by atoms with Gasteiger partial charge < -0.3 is 9.47 Å². The Kier molecular flexibility index (Phi) is 5.24. The van der Waals surface area contributed by atoms with Gasteiger partial charge in [-0.3, -0.25) is 0 Å². The minimum atomic E-state index is -4.20. The van der Waals surface area contributed by atoms with E-state index in [1.807, 2.05) is 0 Å². The zero-order valence-electron chi connectivity index (χ0n) is 10.1. The summed E-state index contributed by atoms with van der Waals surface area (Å²) < 4.78 is 57.8. The lowest BCUT2D eigenvalue weighted by atomic mass is 10.4. The monoisotopic (exact) mass is 301 g/mol. The Balaban J connectivity index is 2.58. The minimum Gasteiger partial charge on any atom is -0.464 e. The summed E-state index contributed by atoms with van der Waals surface area (Å²) in [5, 5.41) is 0.239. The first-order valence-corrected chi connectivity index (χ1v) is 5.88. The van der Waals surface area contributed by atoms with Crippen molar-refractivity contribution in [3.8, 4) is 0 Å². The number of ether oxygens (including phenoxy) is 2. The van der Waals surface area contributed by atoms with Gasteiger partial charge in [0, 0.05) is 4.88 Å². The van der Waals surface area contributed by atoms with Crippen molar-refractivity contribution in [3.63, 3.8) is 0 Å². The molecule has 0 unspecified atom stereocenters. The van der Waals surface area contributed by atoms with E-state index in [9.17, 15) is 22.4 Å². The lowest BCUT2D eigenvalue weighted by Gasteiger charge is -2.14. The number of rotatable bonds is 6. The molecule has 19 heavy (non-hydrogen) atoms. The number of carbonyl (C=O) groups is 1. The zero-order valence-corrected chi connectivity index (χ0v) is 10.9. The zero-order chi connectivity index (χ0) is 14.6. The van der Waals surface area contributed by atoms with Gasteiger partial charge in [-0.2, -0.15) is 8.78 Å². The molecule has 0 aliphatic heterocycles. The van der Waals surface area contributed by atoms with Crippen molar-refractivity contribution in [1.82, 2.24) is 4.98 Å². The summed E-state index contributed by atoms with van der Waals surface area (Å²) in [6.45, 7) is -0.178. The molecular formula is C10H11F4NO3S. The maximum absolute atomic E-state index is 12.6. The third-order valence-corrected chi connectivity index (χ3v) is 3.00. The summed E-state index contributed by atoms with van der Waals surface area (Å²) in [4.78, 5) is 15.6. The second-order valence-electron chi connectivity index (χ2n) is 3.56. The van der Waals surface area contributed by atoms with Crippen LogP contribution in [0.3, 0.4) is 0 Å². The van der Waals surface area contributed by atoms with Crippen molar-refractivity contribution in [2.24, 2.45) is 0 Å². The van der Waals surface area contributed by atoms with Gasteiger partial charge in [0.2, 0.25) is 0 Å². The van der Waals surface area contributed by atoms with E-state index in [1.165, 1.54) is 7.11 Å². The first-order chi connectivity index (χ1) is 8.77. The number of hydrogen-bond donors (Lipinski definition) is 0. The van der Waals surface area contributed by atoms with Crippen LogP contribution >= 0.6 is 11.3 Å². The summed E-state index contributed by atoms with van der Waals surface area (Å²) in [5.74, 6) is -4.85. The number of aromatic nitrogens is 1. The molecule has 1 heterocycles. The highest BCUT2D eigenvalue weighted by atomic mass is 32.1. The van der Waals surface area contributed by atoms with Gasteiger partial charge in [0.15, 0.2) is 5.69 Å². The molecule has 108 valence electrons. The summed E-state index contributed by atoms with van der Waals surface area (Å²) >= 11 is 1.05. The maximum Gasteiger partial charge on any atom is 0.357 e. The molecule has 0 saturated heterocycles. The molecule has 0 fully saturated rings. The van der Waals surface area contributed by atoms with E-state index in [0.29, 0.717) is 4.88 Å². The van der Waals surface area contributed by atoms with E-state index in [1.54, 1.807) is 6.92 Å². The molecule has 1 aromatic rings. The number of esters is 1. The van der Waals surface area contributed by atoms with E-state index in [4.69, 9.17) is 0 Å². The Hall–Kier alpha value is -1.22. The predicted octanol–water partition coefficient (Wildman–Crippen LogP) is 2.66. The largest absolute Gasteiger partial charge is 0.464 e. The average molecular weight is 301 g/mol. The smallest absolute Gasteiger partial charge is 0.357 e. The van der Waals surface area contributed by atoms with Crippen LogP contribution in [0.1, 0.15) is 20.4 Å². The van der Waals surface area contributed by atoms with Gasteiger partial charge in [-0.05, 0) is 6.92 Å². The van der Waals surface area contributed by atoms with Crippen molar-refractivity contribution >= 4 is 17.3 Å². The lowest BCUT2D eigenvalue weighted by Crippen LogP contribution is -2.32. The Bertz CT molecular complexity index is 450. The third kappa shape index (κ3) is 4.13. The number of thiazole rings is 1. The van der Waals surface area contributed by atoms with Gasteiger partial charge in [-0.15, -0.1) is 11.3 Å². The average Bonchev–Trinajstić information content (AvgIpc) is 2.69. The van der Waals surface area contributed by atoms with Crippen LogP contribution in [-0.2, 0) is 16.1 Å². The normalized spacial score (nSPS) is 11.9. The second-order valence-corrected chi connectivity index (χ2v) is 4.85. The summed E-state index contributed by atoms with van der Waals surface area (Å²) in [7, 11) is 1.18. The molecule has 4 nitrogen and oxygen atoms in total. The Morgan fingerprint density at radius 1 is 1.47 bits per heavy atom. The molecule has 0 radical (unpaired) electrons. The second kappa shape index (κ2) is 6.29. The number of methoxy groups -OCH3 is 1. The quantitative estimate of drug-likeness (QED) is 0.599. The molecule has 0 aromatic carbocycles. The lowest BCUT2D eigenvalue weighted by molar-refractivity contribution is -0.168. The van der Waals surface area contributed by atoms with E-state index >= 15 is 0 Å². The number of halogens is 4. The highest BCUT2D eigenvalue weighted by molar-refractivity contribution is 7.11. The van der Waals surface area contributed by atoms with Gasteiger partial charge in [0.05, 0.1) is 13.7 Å². The topological polar surface area (TPSA) is 48.4 Å². The van der Waals surface area contributed by atoms with Crippen LogP contribution in [0.25, 0.3) is 0 Å². The van der Waals surface area contributed by atoms with E-state index in [-0.39, 0.29) is 17.3 Å². The molecule has 9 heteroatoms. The van der Waals surface area contributed by atoms with Crippen LogP contribution in [-0.4, -0.2) is 37.0 Å². The third-order valence-electron chi connectivity index (χ3n) is 2.06. The molecule has 0 aliphatic rings. The molecule has 0 aliphatic carbocycles. The van der Waals surface area contributed by atoms with Gasteiger partial charge in [-0.25, -0.2) is 18.6 Å². The van der Waals surface area contributed by atoms with Crippen molar-refractivity contribution < 1.29 is 31.8 Å². The number of nitrogens with zero attached hydrogens (tertiary/aromatic N) is 1. The highest BCUT2D eigenvalue weighted by Gasteiger charge is 2.41. The SMILES string of the molecule is COC(=O)c1nc(COCC(F)(F)C(F)F)sc1C. The first-order valence-electron chi connectivity index (χ1n) is 5.06. The Morgan fingerprint density at radius 2 is 2.11 bits per heavy atom. The van der Waals surface area contributed by atoms with Gasteiger partial charge in [0.1, 0.15) is 11.6 Å². The molecule has 0 N–H and O–H groups in total. The summed E-state index contributed by atoms with van der Waals surface area (Å²) in [6, 6.07) is 0. The summed E-state index contributed by atoms with van der Waals surface area (Å²) in [5.41, 5.74) is 0.0618. The highest BCUT2D eigenvalue weighted by Crippen LogP contribution is 2.24. The minimum absolute atomic E-state index is 0.0618. The maximum atomic E-state index is 12.6. The fourth-order valence-electron chi connectivity index (χ4n) is 1.14. The fraction of sp³-hybridized carbons (Fsp3) is 0.600. The van der Waals surface area contributed by atoms with E-state index in [2.05, 4.69) is 14.5 Å². The molecular weight excluding hydrogens is 290 g/mol. The van der Waals surface area contributed by atoms with E-state index < -0.39 is 24.9 Å². The number of aryl methyl sites for hydroxylation is 1. The van der Waals surface area contributed by atoms with Crippen molar-refractivity contribution in [2.75, 3.05) is 13.7 Å². The van der Waals surface area contributed by atoms with Crippen molar-refractivity contribution in [2.45, 2.75) is 25.9 Å². The van der Waals surface area contributed by atoms with Gasteiger partial charge in [0.25, 0.3) is 0 Å².